The number of nitrogens with zero attached hydrogens (tertiary/aromatic N) is 3. The zero-order valence-electron chi connectivity index (χ0n) is 18.5. The van der Waals surface area contributed by atoms with Crippen molar-refractivity contribution < 1.29 is 13.2 Å². The average molecular weight is 475 g/mol. The molecule has 0 aliphatic carbocycles. The van der Waals surface area contributed by atoms with Crippen molar-refractivity contribution in [1.82, 2.24) is 9.21 Å². The summed E-state index contributed by atoms with van der Waals surface area (Å²) in [6.45, 7) is 3.50. The maximum atomic E-state index is 12.7. The van der Waals surface area contributed by atoms with Gasteiger partial charge in [0.15, 0.2) is 0 Å². The van der Waals surface area contributed by atoms with Gasteiger partial charge in [-0.25, -0.2) is 12.7 Å². The Hall–Kier alpha value is -2.07. The van der Waals surface area contributed by atoms with E-state index in [2.05, 4.69) is 21.9 Å². The molecule has 1 saturated heterocycles. The number of primary amides is 1. The number of carbonyl (C=O) groups is 1. The lowest BCUT2D eigenvalue weighted by Gasteiger charge is -2.35. The quantitative estimate of drug-likeness (QED) is 0.664. The molecular weight excluding hydrogens is 444 g/mol. The number of benzene rings is 2. The van der Waals surface area contributed by atoms with Crippen LogP contribution in [0.5, 0.6) is 0 Å². The first-order chi connectivity index (χ1) is 15.3. The summed E-state index contributed by atoms with van der Waals surface area (Å²) in [6, 6.07) is 13.6. The van der Waals surface area contributed by atoms with Crippen molar-refractivity contribution in [3.63, 3.8) is 0 Å². The number of likely N-dealkylation sites (tertiary alicyclic amines) is 1. The zero-order valence-corrected chi connectivity index (χ0v) is 20.2. The van der Waals surface area contributed by atoms with Gasteiger partial charge >= 0.3 is 0 Å². The Balaban J connectivity index is 1.53. The number of nitrogens with two attached hydrogens (primary N) is 1. The average Bonchev–Trinajstić information content (AvgIpc) is 2.78. The molecule has 2 aliphatic rings. The van der Waals surface area contributed by atoms with Crippen LogP contribution in [0.1, 0.15) is 19.3 Å². The van der Waals surface area contributed by atoms with Gasteiger partial charge < -0.3 is 15.5 Å². The summed E-state index contributed by atoms with van der Waals surface area (Å²) in [4.78, 5) is 18.6. The Bertz CT molecular complexity index is 1100. The van der Waals surface area contributed by atoms with Gasteiger partial charge in [-0.15, -0.1) is 0 Å². The van der Waals surface area contributed by atoms with Gasteiger partial charge in [-0.1, -0.05) is 23.9 Å². The molecule has 4 rings (SSSR count). The van der Waals surface area contributed by atoms with Gasteiger partial charge in [0.05, 0.1) is 16.3 Å². The second-order valence-electron chi connectivity index (χ2n) is 8.51. The third kappa shape index (κ3) is 4.66. The Kier molecular flexibility index (Phi) is 6.80. The summed E-state index contributed by atoms with van der Waals surface area (Å²) < 4.78 is 26.7. The van der Waals surface area contributed by atoms with E-state index in [1.165, 1.54) is 9.20 Å². The summed E-state index contributed by atoms with van der Waals surface area (Å²) in [5, 5.41) is 0. The van der Waals surface area contributed by atoms with Crippen molar-refractivity contribution in [1.29, 1.82) is 0 Å². The molecule has 2 heterocycles. The summed E-state index contributed by atoms with van der Waals surface area (Å²) in [7, 11) is -0.403. The van der Waals surface area contributed by atoms with Crippen LogP contribution in [-0.4, -0.2) is 63.8 Å². The van der Waals surface area contributed by atoms with Gasteiger partial charge in [0.25, 0.3) is 0 Å². The maximum Gasteiger partial charge on any atom is 0.242 e. The second-order valence-corrected chi connectivity index (χ2v) is 11.7. The summed E-state index contributed by atoms with van der Waals surface area (Å²) in [5.74, 6) is -0.187. The Labute approximate surface area is 194 Å². The molecule has 0 saturated carbocycles. The molecule has 2 aliphatic heterocycles. The van der Waals surface area contributed by atoms with E-state index < -0.39 is 10.0 Å². The maximum absolute atomic E-state index is 12.7. The fourth-order valence-corrected chi connectivity index (χ4v) is 6.31. The molecule has 0 radical (unpaired) electrons. The van der Waals surface area contributed by atoms with E-state index in [-0.39, 0.29) is 11.8 Å². The summed E-state index contributed by atoms with van der Waals surface area (Å²) in [5.41, 5.74) is 7.49. The van der Waals surface area contributed by atoms with Gasteiger partial charge in [-0.05, 0) is 69.2 Å². The Morgan fingerprint density at radius 2 is 1.75 bits per heavy atom. The SMILES string of the molecule is CN(C)S(=O)(=O)c1ccc2c(c1)N(CCCN1CCC(C(N)=O)CC1)c1ccccc1S2. The lowest BCUT2D eigenvalue weighted by atomic mass is 9.96. The molecule has 2 aromatic carbocycles. The van der Waals surface area contributed by atoms with Gasteiger partial charge in [-0.3, -0.25) is 4.79 Å². The number of para-hydroxylation sites is 1. The summed E-state index contributed by atoms with van der Waals surface area (Å²) >= 11 is 1.67. The van der Waals surface area contributed by atoms with Gasteiger partial charge in [0.1, 0.15) is 0 Å². The molecule has 172 valence electrons. The Morgan fingerprint density at radius 3 is 2.44 bits per heavy atom. The molecule has 9 heteroatoms. The van der Waals surface area contributed by atoms with E-state index in [0.717, 1.165) is 61.7 Å². The molecular formula is C23H30N4O3S2. The van der Waals surface area contributed by atoms with Gasteiger partial charge in [0, 0.05) is 36.3 Å². The van der Waals surface area contributed by atoms with Crippen LogP contribution < -0.4 is 10.6 Å². The second kappa shape index (κ2) is 9.43. The van der Waals surface area contributed by atoms with Crippen molar-refractivity contribution in [3.8, 4) is 0 Å². The third-order valence-electron chi connectivity index (χ3n) is 6.22. The van der Waals surface area contributed by atoms with E-state index in [1.807, 2.05) is 18.2 Å². The van der Waals surface area contributed by atoms with Crippen molar-refractivity contribution in [2.75, 3.05) is 45.2 Å². The standard InChI is InChI=1S/C23H30N4O3S2/c1-25(2)32(29,30)18-8-9-22-20(16-18)27(19-6-3-4-7-21(19)31-22)13-5-12-26-14-10-17(11-15-26)23(24)28/h3-4,6-9,16-17H,5,10-15H2,1-2H3,(H2,24,28). The first-order valence-corrected chi connectivity index (χ1v) is 13.2. The van der Waals surface area contributed by atoms with Crippen LogP contribution >= 0.6 is 11.8 Å². The molecule has 0 bridgehead atoms. The number of anilines is 2. The highest BCUT2D eigenvalue weighted by molar-refractivity contribution is 7.99. The highest BCUT2D eigenvalue weighted by Crippen LogP contribution is 2.48. The monoisotopic (exact) mass is 474 g/mol. The number of hydrogen-bond acceptors (Lipinski definition) is 6. The topological polar surface area (TPSA) is 87.0 Å². The first kappa shape index (κ1) is 23.1. The molecule has 0 spiro atoms. The fraction of sp³-hybridized carbons (Fsp3) is 0.435. The smallest absolute Gasteiger partial charge is 0.242 e. The van der Waals surface area contributed by atoms with Crippen LogP contribution in [-0.2, 0) is 14.8 Å². The highest BCUT2D eigenvalue weighted by atomic mass is 32.2. The van der Waals surface area contributed by atoms with Crippen LogP contribution in [0, 0.1) is 5.92 Å². The van der Waals surface area contributed by atoms with Gasteiger partial charge in [0.2, 0.25) is 15.9 Å². The molecule has 1 amide bonds. The number of sulfonamides is 1. The van der Waals surface area contributed by atoms with Crippen molar-refractivity contribution in [2.45, 2.75) is 33.9 Å². The molecule has 7 nitrogen and oxygen atoms in total. The number of hydrogen-bond donors (Lipinski definition) is 1. The van der Waals surface area contributed by atoms with Crippen LogP contribution in [0.4, 0.5) is 11.4 Å². The van der Waals surface area contributed by atoms with Crippen LogP contribution in [0.3, 0.4) is 0 Å². The van der Waals surface area contributed by atoms with E-state index >= 15 is 0 Å². The predicted octanol–water partition coefficient (Wildman–Crippen LogP) is 3.13. The molecule has 0 unspecified atom stereocenters. The molecule has 1 fully saturated rings. The predicted molar refractivity (Wildman–Crippen MR) is 128 cm³/mol. The first-order valence-electron chi connectivity index (χ1n) is 10.9. The minimum Gasteiger partial charge on any atom is -0.369 e. The summed E-state index contributed by atoms with van der Waals surface area (Å²) in [6.07, 6.45) is 2.59. The molecule has 2 aromatic rings. The van der Waals surface area contributed by atoms with Crippen molar-refractivity contribution in [2.24, 2.45) is 11.7 Å². The van der Waals surface area contributed by atoms with Gasteiger partial charge in [-0.2, -0.15) is 0 Å². The Morgan fingerprint density at radius 1 is 1.06 bits per heavy atom. The van der Waals surface area contributed by atoms with Crippen LogP contribution in [0.2, 0.25) is 0 Å². The molecule has 0 atom stereocenters. The molecule has 0 aromatic heterocycles. The minimum absolute atomic E-state index is 0.00110. The number of fused-ring (bicyclic) bond motifs is 2. The van der Waals surface area contributed by atoms with Crippen LogP contribution in [0.15, 0.2) is 57.2 Å². The molecule has 32 heavy (non-hydrogen) atoms. The van der Waals surface area contributed by atoms with Crippen LogP contribution in [0.25, 0.3) is 0 Å². The number of carbonyl (C=O) groups excluding carboxylic acids is 1. The number of amides is 1. The zero-order chi connectivity index (χ0) is 22.9. The lowest BCUT2D eigenvalue weighted by molar-refractivity contribution is -0.123. The van der Waals surface area contributed by atoms with Crippen molar-refractivity contribution >= 4 is 39.1 Å². The molecule has 2 N–H and O–H groups in total. The van der Waals surface area contributed by atoms with E-state index in [9.17, 15) is 13.2 Å². The normalized spacial score (nSPS) is 17.3. The number of rotatable bonds is 7. The largest absolute Gasteiger partial charge is 0.369 e. The van der Waals surface area contributed by atoms with E-state index in [4.69, 9.17) is 5.73 Å². The third-order valence-corrected chi connectivity index (χ3v) is 9.16. The highest BCUT2D eigenvalue weighted by Gasteiger charge is 2.27. The minimum atomic E-state index is -3.51. The van der Waals surface area contributed by atoms with E-state index in [1.54, 1.807) is 38.0 Å². The lowest BCUT2D eigenvalue weighted by Crippen LogP contribution is -2.39. The fourth-order valence-electron chi connectivity index (χ4n) is 4.31. The number of piperidine rings is 1. The van der Waals surface area contributed by atoms with E-state index in [0.29, 0.717) is 4.90 Å². The van der Waals surface area contributed by atoms with Crippen molar-refractivity contribution in [3.05, 3.63) is 42.5 Å².